The highest BCUT2D eigenvalue weighted by atomic mass is 15.2. The van der Waals surface area contributed by atoms with Gasteiger partial charge in [-0.05, 0) is 51.2 Å². The summed E-state index contributed by atoms with van der Waals surface area (Å²) < 4.78 is 0. The van der Waals surface area contributed by atoms with E-state index in [4.69, 9.17) is 0 Å². The topological polar surface area (TPSA) is 15.3 Å². The van der Waals surface area contributed by atoms with E-state index in [1.54, 1.807) is 0 Å². The van der Waals surface area contributed by atoms with Crippen LogP contribution in [0.5, 0.6) is 0 Å². The molecule has 2 aliphatic rings. The summed E-state index contributed by atoms with van der Waals surface area (Å²) in [5, 5.41) is 3.48. The van der Waals surface area contributed by atoms with Crippen LogP contribution in [-0.2, 0) is 0 Å². The molecule has 0 amide bonds. The van der Waals surface area contributed by atoms with Gasteiger partial charge in [0.15, 0.2) is 0 Å². The smallest absolute Gasteiger partial charge is 0.00696 e. The van der Waals surface area contributed by atoms with Crippen molar-refractivity contribution in [3.63, 3.8) is 0 Å². The molecule has 2 rings (SSSR count). The average molecular weight is 210 g/mol. The summed E-state index contributed by atoms with van der Waals surface area (Å²) in [6, 6.07) is 0.837. The van der Waals surface area contributed by atoms with E-state index in [-0.39, 0.29) is 0 Å². The predicted molar refractivity (Wildman–Crippen MR) is 65.0 cm³/mol. The highest BCUT2D eigenvalue weighted by Crippen LogP contribution is 2.35. The van der Waals surface area contributed by atoms with Crippen molar-refractivity contribution in [3.05, 3.63) is 0 Å². The SMILES string of the molecule is CCNCC1CCN(C(C)CC2CC2)C1. The van der Waals surface area contributed by atoms with Crippen LogP contribution in [0.25, 0.3) is 0 Å². The van der Waals surface area contributed by atoms with Crippen molar-refractivity contribution in [1.82, 2.24) is 10.2 Å². The van der Waals surface area contributed by atoms with Gasteiger partial charge in [0.1, 0.15) is 0 Å². The zero-order chi connectivity index (χ0) is 10.7. The lowest BCUT2D eigenvalue weighted by atomic mass is 10.1. The largest absolute Gasteiger partial charge is 0.317 e. The molecule has 15 heavy (non-hydrogen) atoms. The summed E-state index contributed by atoms with van der Waals surface area (Å²) in [5.41, 5.74) is 0. The molecule has 88 valence electrons. The van der Waals surface area contributed by atoms with E-state index >= 15 is 0 Å². The molecule has 2 atom stereocenters. The van der Waals surface area contributed by atoms with Crippen molar-refractivity contribution < 1.29 is 0 Å². The van der Waals surface area contributed by atoms with Gasteiger partial charge in [-0.15, -0.1) is 0 Å². The van der Waals surface area contributed by atoms with Gasteiger partial charge in [-0.1, -0.05) is 19.8 Å². The summed E-state index contributed by atoms with van der Waals surface area (Å²) in [6.07, 6.45) is 5.86. The third kappa shape index (κ3) is 3.46. The molecule has 2 nitrogen and oxygen atoms in total. The molecule has 1 heterocycles. The first-order valence-electron chi connectivity index (χ1n) is 6.74. The molecule has 0 aromatic rings. The number of nitrogens with zero attached hydrogens (tertiary/aromatic N) is 1. The molecular formula is C13H26N2. The van der Waals surface area contributed by atoms with E-state index in [0.29, 0.717) is 0 Å². The minimum Gasteiger partial charge on any atom is -0.317 e. The van der Waals surface area contributed by atoms with Gasteiger partial charge >= 0.3 is 0 Å². The second-order valence-corrected chi connectivity index (χ2v) is 5.49. The highest BCUT2D eigenvalue weighted by molar-refractivity contribution is 4.84. The van der Waals surface area contributed by atoms with Crippen LogP contribution >= 0.6 is 0 Å². The Balaban J connectivity index is 1.66. The molecule has 0 aromatic carbocycles. The van der Waals surface area contributed by atoms with E-state index in [1.807, 2.05) is 0 Å². The monoisotopic (exact) mass is 210 g/mol. The molecule has 1 saturated heterocycles. The van der Waals surface area contributed by atoms with Crippen molar-refractivity contribution in [2.75, 3.05) is 26.2 Å². The highest BCUT2D eigenvalue weighted by Gasteiger charge is 2.30. The second-order valence-electron chi connectivity index (χ2n) is 5.49. The minimum atomic E-state index is 0.837. The first kappa shape index (κ1) is 11.4. The molecule has 0 spiro atoms. The first-order valence-corrected chi connectivity index (χ1v) is 6.74. The van der Waals surface area contributed by atoms with E-state index in [9.17, 15) is 0 Å². The summed E-state index contributed by atoms with van der Waals surface area (Å²) in [6.45, 7) is 9.64. The molecular weight excluding hydrogens is 184 g/mol. The zero-order valence-electron chi connectivity index (χ0n) is 10.3. The molecule has 0 aromatic heterocycles. The van der Waals surface area contributed by atoms with Crippen molar-refractivity contribution in [2.24, 2.45) is 11.8 Å². The number of likely N-dealkylation sites (tertiary alicyclic amines) is 1. The fourth-order valence-electron chi connectivity index (χ4n) is 2.76. The maximum atomic E-state index is 3.48. The average Bonchev–Trinajstić information content (AvgIpc) is 2.92. The van der Waals surface area contributed by atoms with Crippen LogP contribution in [0, 0.1) is 11.8 Å². The van der Waals surface area contributed by atoms with Gasteiger partial charge in [-0.3, -0.25) is 0 Å². The summed E-state index contributed by atoms with van der Waals surface area (Å²) in [7, 11) is 0. The Kier molecular flexibility index (Phi) is 4.04. The summed E-state index contributed by atoms with van der Waals surface area (Å²) in [5.74, 6) is 1.99. The number of hydrogen-bond acceptors (Lipinski definition) is 2. The predicted octanol–water partition coefficient (Wildman–Crippen LogP) is 2.11. The number of nitrogens with one attached hydrogen (secondary N) is 1. The minimum absolute atomic E-state index is 0.837. The van der Waals surface area contributed by atoms with E-state index in [2.05, 4.69) is 24.1 Å². The third-order valence-electron chi connectivity index (χ3n) is 3.99. The van der Waals surface area contributed by atoms with Crippen molar-refractivity contribution >= 4 is 0 Å². The Morgan fingerprint density at radius 3 is 2.73 bits per heavy atom. The molecule has 2 fully saturated rings. The van der Waals surface area contributed by atoms with Crippen LogP contribution in [0.3, 0.4) is 0 Å². The maximum absolute atomic E-state index is 3.48. The fourth-order valence-corrected chi connectivity index (χ4v) is 2.76. The molecule has 0 bridgehead atoms. The Morgan fingerprint density at radius 1 is 1.27 bits per heavy atom. The maximum Gasteiger partial charge on any atom is 0.00696 e. The van der Waals surface area contributed by atoms with Crippen molar-refractivity contribution in [2.45, 2.75) is 45.6 Å². The van der Waals surface area contributed by atoms with Crippen LogP contribution in [0.15, 0.2) is 0 Å². The Morgan fingerprint density at radius 2 is 2.07 bits per heavy atom. The van der Waals surface area contributed by atoms with Gasteiger partial charge in [-0.25, -0.2) is 0 Å². The number of hydrogen-bond donors (Lipinski definition) is 1. The van der Waals surface area contributed by atoms with Crippen LogP contribution < -0.4 is 5.32 Å². The van der Waals surface area contributed by atoms with Gasteiger partial charge < -0.3 is 10.2 Å². The molecule has 2 heteroatoms. The first-order chi connectivity index (χ1) is 7.29. The van der Waals surface area contributed by atoms with E-state index in [1.165, 1.54) is 45.3 Å². The molecule has 0 radical (unpaired) electrons. The Bertz CT molecular complexity index is 189. The van der Waals surface area contributed by atoms with Gasteiger partial charge in [-0.2, -0.15) is 0 Å². The van der Waals surface area contributed by atoms with E-state index in [0.717, 1.165) is 24.4 Å². The summed E-state index contributed by atoms with van der Waals surface area (Å²) >= 11 is 0. The second kappa shape index (κ2) is 5.31. The van der Waals surface area contributed by atoms with Gasteiger partial charge in [0.05, 0.1) is 0 Å². The van der Waals surface area contributed by atoms with Crippen LogP contribution in [0.2, 0.25) is 0 Å². The summed E-state index contributed by atoms with van der Waals surface area (Å²) in [4.78, 5) is 2.71. The normalized spacial score (nSPS) is 29.6. The fraction of sp³-hybridized carbons (Fsp3) is 1.00. The number of rotatable bonds is 6. The standard InChI is InChI=1S/C13H26N2/c1-3-14-9-13-6-7-15(10-13)11(2)8-12-4-5-12/h11-14H,3-10H2,1-2H3. The van der Waals surface area contributed by atoms with Gasteiger partial charge in [0.2, 0.25) is 0 Å². The van der Waals surface area contributed by atoms with Crippen LogP contribution in [0.4, 0.5) is 0 Å². The molecule has 1 aliphatic heterocycles. The quantitative estimate of drug-likeness (QED) is 0.722. The third-order valence-corrected chi connectivity index (χ3v) is 3.99. The Labute approximate surface area is 94.4 Å². The Hall–Kier alpha value is -0.0800. The van der Waals surface area contributed by atoms with Gasteiger partial charge in [0, 0.05) is 12.6 Å². The lowest BCUT2D eigenvalue weighted by molar-refractivity contribution is 0.230. The lowest BCUT2D eigenvalue weighted by Crippen LogP contribution is -2.32. The molecule has 1 saturated carbocycles. The van der Waals surface area contributed by atoms with Crippen LogP contribution in [-0.4, -0.2) is 37.1 Å². The van der Waals surface area contributed by atoms with Gasteiger partial charge in [0.25, 0.3) is 0 Å². The lowest BCUT2D eigenvalue weighted by Gasteiger charge is -2.24. The van der Waals surface area contributed by atoms with E-state index < -0.39 is 0 Å². The molecule has 1 aliphatic carbocycles. The molecule has 2 unspecified atom stereocenters. The zero-order valence-corrected chi connectivity index (χ0v) is 10.3. The van der Waals surface area contributed by atoms with Crippen molar-refractivity contribution in [3.8, 4) is 0 Å². The molecule has 1 N–H and O–H groups in total. The van der Waals surface area contributed by atoms with Crippen LogP contribution in [0.1, 0.15) is 39.5 Å². The van der Waals surface area contributed by atoms with Crippen molar-refractivity contribution in [1.29, 1.82) is 0 Å².